The highest BCUT2D eigenvalue weighted by Gasteiger charge is 2.23. The van der Waals surface area contributed by atoms with E-state index in [1.54, 1.807) is 17.9 Å². The van der Waals surface area contributed by atoms with Crippen molar-refractivity contribution in [2.24, 2.45) is 5.73 Å². The Labute approximate surface area is 115 Å². The first kappa shape index (κ1) is 14.5. The van der Waals surface area contributed by atoms with E-state index in [0.29, 0.717) is 24.3 Å². The van der Waals surface area contributed by atoms with Crippen molar-refractivity contribution in [3.63, 3.8) is 0 Å². The van der Waals surface area contributed by atoms with Gasteiger partial charge in [-0.1, -0.05) is 0 Å². The van der Waals surface area contributed by atoms with Crippen LogP contribution in [-0.2, 0) is 0 Å². The zero-order valence-electron chi connectivity index (χ0n) is 11.1. The highest BCUT2D eigenvalue weighted by molar-refractivity contribution is 5.90. The van der Waals surface area contributed by atoms with Gasteiger partial charge in [0.25, 0.3) is 0 Å². The van der Waals surface area contributed by atoms with Crippen LogP contribution in [-0.4, -0.2) is 36.7 Å². The van der Waals surface area contributed by atoms with Crippen LogP contribution in [0.5, 0.6) is 5.75 Å². The van der Waals surface area contributed by atoms with Crippen molar-refractivity contribution in [3.05, 3.63) is 23.8 Å². The van der Waals surface area contributed by atoms with Crippen LogP contribution in [0, 0.1) is 6.92 Å². The summed E-state index contributed by atoms with van der Waals surface area (Å²) < 4.78 is 28.5. The van der Waals surface area contributed by atoms with Gasteiger partial charge >= 0.3 is 12.6 Å². The third kappa shape index (κ3) is 3.57. The number of nitrogens with one attached hydrogen (secondary N) is 1. The van der Waals surface area contributed by atoms with Gasteiger partial charge in [-0.25, -0.2) is 4.79 Å². The van der Waals surface area contributed by atoms with Crippen LogP contribution in [0.25, 0.3) is 0 Å². The van der Waals surface area contributed by atoms with Crippen molar-refractivity contribution < 1.29 is 18.3 Å². The average Bonchev–Trinajstić information content (AvgIpc) is 2.78. The Kier molecular flexibility index (Phi) is 4.39. The van der Waals surface area contributed by atoms with Crippen molar-refractivity contribution in [1.29, 1.82) is 0 Å². The predicted octanol–water partition coefficient (Wildman–Crippen LogP) is 2.16. The second kappa shape index (κ2) is 6.04. The van der Waals surface area contributed by atoms with E-state index in [2.05, 4.69) is 10.1 Å². The van der Waals surface area contributed by atoms with Crippen molar-refractivity contribution in [2.75, 3.05) is 18.4 Å². The van der Waals surface area contributed by atoms with Gasteiger partial charge in [-0.2, -0.15) is 8.78 Å². The molecule has 2 amide bonds. The molecule has 0 aromatic heterocycles. The zero-order chi connectivity index (χ0) is 14.7. The summed E-state index contributed by atoms with van der Waals surface area (Å²) in [5.74, 6) is 0.0682. The van der Waals surface area contributed by atoms with Gasteiger partial charge in [0.2, 0.25) is 0 Å². The monoisotopic (exact) mass is 285 g/mol. The minimum Gasteiger partial charge on any atom is -0.435 e. The van der Waals surface area contributed by atoms with Crippen molar-refractivity contribution in [1.82, 2.24) is 4.90 Å². The SMILES string of the molecule is Cc1cc(OC(F)F)ccc1NC(=O)N1CC[C@@H](N)C1. The lowest BCUT2D eigenvalue weighted by molar-refractivity contribution is -0.0498. The molecule has 3 N–H and O–H groups in total. The minimum atomic E-state index is -2.86. The molecular formula is C13H17F2N3O2. The topological polar surface area (TPSA) is 67.6 Å². The maximum atomic E-state index is 12.1. The van der Waals surface area contributed by atoms with Crippen LogP contribution < -0.4 is 15.8 Å². The number of carbonyl (C=O) groups is 1. The Hall–Kier alpha value is -1.89. The number of amides is 2. The molecule has 5 nitrogen and oxygen atoms in total. The van der Waals surface area contributed by atoms with E-state index >= 15 is 0 Å². The molecule has 0 aliphatic carbocycles. The molecule has 0 saturated carbocycles. The molecule has 1 fully saturated rings. The molecular weight excluding hydrogens is 268 g/mol. The standard InChI is InChI=1S/C13H17F2N3O2/c1-8-6-10(20-12(14)15)2-3-11(8)17-13(19)18-5-4-9(16)7-18/h2-3,6,9,12H,4-5,7,16H2,1H3,(H,17,19)/t9-/m1/s1. The number of halogens is 2. The summed E-state index contributed by atoms with van der Waals surface area (Å²) in [6.45, 7) is 0.000605. The number of nitrogens with zero attached hydrogens (tertiary/aromatic N) is 1. The largest absolute Gasteiger partial charge is 0.435 e. The average molecular weight is 285 g/mol. The maximum absolute atomic E-state index is 12.1. The minimum absolute atomic E-state index is 0.0173. The van der Waals surface area contributed by atoms with E-state index in [4.69, 9.17) is 5.73 Å². The van der Waals surface area contributed by atoms with E-state index in [1.165, 1.54) is 12.1 Å². The molecule has 7 heteroatoms. The highest BCUT2D eigenvalue weighted by Crippen LogP contribution is 2.23. The van der Waals surface area contributed by atoms with Crippen molar-refractivity contribution in [2.45, 2.75) is 26.0 Å². The molecule has 2 rings (SSSR count). The summed E-state index contributed by atoms with van der Waals surface area (Å²) in [5, 5.41) is 2.74. The first-order valence-corrected chi connectivity index (χ1v) is 6.32. The van der Waals surface area contributed by atoms with Crippen LogP contribution in [0.2, 0.25) is 0 Å². The fourth-order valence-electron chi connectivity index (χ4n) is 2.12. The summed E-state index contributed by atoms with van der Waals surface area (Å²) >= 11 is 0. The lowest BCUT2D eigenvalue weighted by Crippen LogP contribution is -2.35. The molecule has 1 saturated heterocycles. The number of hydrogen-bond acceptors (Lipinski definition) is 3. The second-order valence-electron chi connectivity index (χ2n) is 4.78. The highest BCUT2D eigenvalue weighted by atomic mass is 19.3. The van der Waals surface area contributed by atoms with E-state index in [1.807, 2.05) is 0 Å². The van der Waals surface area contributed by atoms with Crippen molar-refractivity contribution in [3.8, 4) is 5.75 Å². The van der Waals surface area contributed by atoms with Crippen LogP contribution in [0.3, 0.4) is 0 Å². The normalized spacial score (nSPS) is 18.4. The van der Waals surface area contributed by atoms with Gasteiger partial charge in [-0.15, -0.1) is 0 Å². The fourth-order valence-corrected chi connectivity index (χ4v) is 2.12. The fraction of sp³-hybridized carbons (Fsp3) is 0.462. The van der Waals surface area contributed by atoms with E-state index in [-0.39, 0.29) is 17.8 Å². The van der Waals surface area contributed by atoms with Gasteiger partial charge in [0.05, 0.1) is 0 Å². The number of likely N-dealkylation sites (tertiary alicyclic amines) is 1. The summed E-state index contributed by atoms with van der Waals surface area (Å²) in [6.07, 6.45) is 0.785. The van der Waals surface area contributed by atoms with Crippen LogP contribution in [0.15, 0.2) is 18.2 Å². The molecule has 110 valence electrons. The van der Waals surface area contributed by atoms with E-state index < -0.39 is 6.61 Å². The number of urea groups is 1. The molecule has 1 aromatic carbocycles. The first-order valence-electron chi connectivity index (χ1n) is 6.32. The Balaban J connectivity index is 2.00. The van der Waals surface area contributed by atoms with Crippen LogP contribution in [0.4, 0.5) is 19.3 Å². The molecule has 1 aliphatic rings. The number of aryl methyl sites for hydroxylation is 1. The molecule has 0 unspecified atom stereocenters. The number of carbonyl (C=O) groups excluding carboxylic acids is 1. The Bertz CT molecular complexity index is 497. The van der Waals surface area contributed by atoms with Gasteiger partial charge < -0.3 is 20.7 Å². The maximum Gasteiger partial charge on any atom is 0.387 e. The van der Waals surface area contributed by atoms with Crippen LogP contribution >= 0.6 is 0 Å². The lowest BCUT2D eigenvalue weighted by Gasteiger charge is -2.18. The third-order valence-electron chi connectivity index (χ3n) is 3.18. The number of anilines is 1. The second-order valence-corrected chi connectivity index (χ2v) is 4.78. The molecule has 1 aliphatic heterocycles. The summed E-state index contributed by atoms with van der Waals surface area (Å²) in [5.41, 5.74) is 6.96. The summed E-state index contributed by atoms with van der Waals surface area (Å²) in [7, 11) is 0. The number of rotatable bonds is 3. The van der Waals surface area contributed by atoms with Gasteiger partial charge in [0.1, 0.15) is 5.75 Å². The smallest absolute Gasteiger partial charge is 0.387 e. The van der Waals surface area contributed by atoms with E-state index in [9.17, 15) is 13.6 Å². The number of alkyl halides is 2. The lowest BCUT2D eigenvalue weighted by atomic mass is 10.2. The Morgan fingerprint density at radius 1 is 1.55 bits per heavy atom. The summed E-state index contributed by atoms with van der Waals surface area (Å²) in [6, 6.07) is 4.18. The molecule has 0 radical (unpaired) electrons. The summed E-state index contributed by atoms with van der Waals surface area (Å²) in [4.78, 5) is 13.6. The molecule has 0 bridgehead atoms. The molecule has 1 atom stereocenters. The predicted molar refractivity (Wildman–Crippen MR) is 71.0 cm³/mol. The Morgan fingerprint density at radius 3 is 2.85 bits per heavy atom. The van der Waals surface area contributed by atoms with Crippen LogP contribution in [0.1, 0.15) is 12.0 Å². The molecule has 1 heterocycles. The molecule has 1 aromatic rings. The number of ether oxygens (including phenoxy) is 1. The van der Waals surface area contributed by atoms with Gasteiger partial charge in [0, 0.05) is 24.8 Å². The van der Waals surface area contributed by atoms with Gasteiger partial charge in [-0.3, -0.25) is 0 Å². The Morgan fingerprint density at radius 2 is 2.30 bits per heavy atom. The van der Waals surface area contributed by atoms with Crippen molar-refractivity contribution >= 4 is 11.7 Å². The third-order valence-corrected chi connectivity index (χ3v) is 3.18. The molecule has 0 spiro atoms. The number of hydrogen-bond donors (Lipinski definition) is 2. The number of benzene rings is 1. The van der Waals surface area contributed by atoms with Gasteiger partial charge in [0.15, 0.2) is 0 Å². The zero-order valence-corrected chi connectivity index (χ0v) is 11.1. The van der Waals surface area contributed by atoms with Gasteiger partial charge in [-0.05, 0) is 37.1 Å². The van der Waals surface area contributed by atoms with E-state index in [0.717, 1.165) is 6.42 Å². The molecule has 20 heavy (non-hydrogen) atoms. The first-order chi connectivity index (χ1) is 9.45. The number of nitrogens with two attached hydrogens (primary N) is 1. The quantitative estimate of drug-likeness (QED) is 0.894.